The maximum Gasteiger partial charge on any atom is 0.356 e. The minimum absolute atomic E-state index is 0.106. The van der Waals surface area contributed by atoms with Crippen LogP contribution in [0.5, 0.6) is 0 Å². The first-order chi connectivity index (χ1) is 8.15. The number of aromatic carboxylic acids is 1. The van der Waals surface area contributed by atoms with E-state index in [4.69, 9.17) is 9.63 Å². The number of carboxylic acids is 1. The molecule has 0 aliphatic carbocycles. The fraction of sp³-hybridized carbons (Fsp3) is 0.222. The zero-order chi connectivity index (χ0) is 12.3. The fourth-order valence-corrected chi connectivity index (χ4v) is 1.11. The summed E-state index contributed by atoms with van der Waals surface area (Å²) in [7, 11) is 0. The first kappa shape index (κ1) is 11.0. The summed E-state index contributed by atoms with van der Waals surface area (Å²) >= 11 is 0. The molecule has 0 bridgehead atoms. The van der Waals surface area contributed by atoms with Crippen molar-refractivity contribution in [2.75, 3.05) is 5.32 Å². The molecular weight excluding hydrogens is 226 g/mol. The van der Waals surface area contributed by atoms with Crippen LogP contribution < -0.4 is 5.32 Å². The zero-order valence-electron chi connectivity index (χ0n) is 8.91. The third-order valence-electron chi connectivity index (χ3n) is 1.87. The van der Waals surface area contributed by atoms with Crippen molar-refractivity contribution in [1.29, 1.82) is 0 Å². The summed E-state index contributed by atoms with van der Waals surface area (Å²) in [4.78, 5) is 22.1. The number of aryl methyl sites for hydroxylation is 1. The SMILES string of the molecule is Cc1nc(CNc2cnc(C(=O)O)cn2)no1. The van der Waals surface area contributed by atoms with E-state index in [0.717, 1.165) is 0 Å². The van der Waals surface area contributed by atoms with Gasteiger partial charge in [-0.05, 0) is 0 Å². The highest BCUT2D eigenvalue weighted by atomic mass is 16.5. The predicted octanol–water partition coefficient (Wildman–Crippen LogP) is 0.478. The van der Waals surface area contributed by atoms with Crippen LogP contribution in [0.3, 0.4) is 0 Å². The molecule has 0 fully saturated rings. The molecule has 2 heterocycles. The first-order valence-electron chi connectivity index (χ1n) is 4.73. The number of carboxylic acid groups (broad SMARTS) is 1. The van der Waals surface area contributed by atoms with E-state index < -0.39 is 5.97 Å². The fourth-order valence-electron chi connectivity index (χ4n) is 1.11. The van der Waals surface area contributed by atoms with Crippen LogP contribution >= 0.6 is 0 Å². The average Bonchev–Trinajstić information content (AvgIpc) is 2.73. The monoisotopic (exact) mass is 235 g/mol. The zero-order valence-corrected chi connectivity index (χ0v) is 8.91. The van der Waals surface area contributed by atoms with Crippen LogP contribution in [0.15, 0.2) is 16.9 Å². The van der Waals surface area contributed by atoms with Gasteiger partial charge in [0.25, 0.3) is 0 Å². The third-order valence-corrected chi connectivity index (χ3v) is 1.87. The van der Waals surface area contributed by atoms with Crippen molar-refractivity contribution in [2.24, 2.45) is 0 Å². The van der Waals surface area contributed by atoms with Crippen molar-refractivity contribution in [3.8, 4) is 0 Å². The van der Waals surface area contributed by atoms with Crippen molar-refractivity contribution in [3.05, 3.63) is 29.8 Å². The Balaban J connectivity index is 1.97. The number of rotatable bonds is 4. The molecule has 0 aliphatic rings. The van der Waals surface area contributed by atoms with Crippen LogP contribution in [0, 0.1) is 6.92 Å². The second-order valence-electron chi connectivity index (χ2n) is 3.18. The summed E-state index contributed by atoms with van der Waals surface area (Å²) in [6.45, 7) is 2.02. The van der Waals surface area contributed by atoms with Crippen LogP contribution in [0.25, 0.3) is 0 Å². The Morgan fingerprint density at radius 2 is 2.29 bits per heavy atom. The van der Waals surface area contributed by atoms with Gasteiger partial charge in [-0.1, -0.05) is 5.16 Å². The molecule has 88 valence electrons. The van der Waals surface area contributed by atoms with Crippen LogP contribution in [0.1, 0.15) is 22.2 Å². The van der Waals surface area contributed by atoms with E-state index in [1.54, 1.807) is 6.92 Å². The molecule has 0 radical (unpaired) electrons. The van der Waals surface area contributed by atoms with Gasteiger partial charge in [-0.2, -0.15) is 4.98 Å². The van der Waals surface area contributed by atoms with Crippen molar-refractivity contribution in [3.63, 3.8) is 0 Å². The predicted molar refractivity (Wildman–Crippen MR) is 55.4 cm³/mol. The van der Waals surface area contributed by atoms with Gasteiger partial charge >= 0.3 is 5.97 Å². The molecule has 8 nitrogen and oxygen atoms in total. The summed E-state index contributed by atoms with van der Waals surface area (Å²) in [6, 6.07) is 0. The van der Waals surface area contributed by atoms with Crippen LogP contribution in [0.2, 0.25) is 0 Å². The van der Waals surface area contributed by atoms with Gasteiger partial charge in [-0.15, -0.1) is 0 Å². The Kier molecular flexibility index (Phi) is 2.95. The first-order valence-corrected chi connectivity index (χ1v) is 4.73. The van der Waals surface area contributed by atoms with Gasteiger partial charge in [0.05, 0.1) is 18.9 Å². The van der Waals surface area contributed by atoms with Gasteiger partial charge in [0.2, 0.25) is 5.89 Å². The summed E-state index contributed by atoms with van der Waals surface area (Å²) < 4.78 is 4.79. The molecule has 0 spiro atoms. The van der Waals surface area contributed by atoms with E-state index in [0.29, 0.717) is 24.1 Å². The number of anilines is 1. The number of carbonyl (C=O) groups is 1. The molecule has 2 N–H and O–H groups in total. The van der Waals surface area contributed by atoms with Gasteiger partial charge in [0, 0.05) is 6.92 Å². The maximum atomic E-state index is 10.5. The highest BCUT2D eigenvalue weighted by molar-refractivity contribution is 5.84. The van der Waals surface area contributed by atoms with E-state index in [1.807, 2.05) is 0 Å². The molecular formula is C9H9N5O3. The number of aromatic nitrogens is 4. The highest BCUT2D eigenvalue weighted by Gasteiger charge is 2.06. The molecule has 0 unspecified atom stereocenters. The van der Waals surface area contributed by atoms with Crippen LogP contribution in [-0.4, -0.2) is 31.2 Å². The van der Waals surface area contributed by atoms with Crippen LogP contribution in [-0.2, 0) is 6.54 Å². The normalized spacial score (nSPS) is 10.2. The number of nitrogens with one attached hydrogen (secondary N) is 1. The molecule has 0 atom stereocenters. The lowest BCUT2D eigenvalue weighted by molar-refractivity contribution is 0.0690. The Labute approximate surface area is 95.7 Å². The lowest BCUT2D eigenvalue weighted by atomic mass is 10.4. The van der Waals surface area contributed by atoms with E-state index in [1.165, 1.54) is 12.4 Å². The van der Waals surface area contributed by atoms with E-state index in [2.05, 4.69) is 25.4 Å². The number of hydrogen-bond acceptors (Lipinski definition) is 7. The van der Waals surface area contributed by atoms with Gasteiger partial charge < -0.3 is 14.9 Å². The van der Waals surface area contributed by atoms with Crippen molar-refractivity contribution >= 4 is 11.8 Å². The molecule has 17 heavy (non-hydrogen) atoms. The van der Waals surface area contributed by atoms with Gasteiger partial charge in [0.1, 0.15) is 5.82 Å². The Bertz CT molecular complexity index is 522. The van der Waals surface area contributed by atoms with E-state index in [9.17, 15) is 4.79 Å². The molecule has 2 aromatic rings. The van der Waals surface area contributed by atoms with Gasteiger partial charge in [0.15, 0.2) is 11.5 Å². The standard InChI is InChI=1S/C9H9N5O3/c1-5-13-8(14-17-5)4-12-7-3-10-6(2-11-7)9(15)16/h2-3H,4H2,1H3,(H,11,12)(H,15,16). The second kappa shape index (κ2) is 4.56. The topological polar surface area (TPSA) is 114 Å². The molecule has 2 aromatic heterocycles. The molecule has 0 saturated heterocycles. The van der Waals surface area contributed by atoms with Crippen molar-refractivity contribution in [2.45, 2.75) is 13.5 Å². The highest BCUT2D eigenvalue weighted by Crippen LogP contribution is 2.03. The van der Waals surface area contributed by atoms with Crippen molar-refractivity contribution in [1.82, 2.24) is 20.1 Å². The summed E-state index contributed by atoms with van der Waals surface area (Å²) in [5.74, 6) is 0.302. The summed E-state index contributed by atoms with van der Waals surface area (Å²) in [5.41, 5.74) is -0.106. The van der Waals surface area contributed by atoms with E-state index >= 15 is 0 Å². The molecule has 2 rings (SSSR count). The third kappa shape index (κ3) is 2.74. The Morgan fingerprint density at radius 1 is 1.47 bits per heavy atom. The average molecular weight is 235 g/mol. The largest absolute Gasteiger partial charge is 0.476 e. The van der Waals surface area contributed by atoms with Crippen molar-refractivity contribution < 1.29 is 14.4 Å². The lowest BCUT2D eigenvalue weighted by Gasteiger charge is -2.01. The lowest BCUT2D eigenvalue weighted by Crippen LogP contribution is -2.06. The van der Waals surface area contributed by atoms with E-state index in [-0.39, 0.29) is 5.69 Å². The minimum atomic E-state index is -1.11. The summed E-state index contributed by atoms with van der Waals surface area (Å²) in [6.07, 6.45) is 2.50. The van der Waals surface area contributed by atoms with Gasteiger partial charge in [-0.25, -0.2) is 14.8 Å². The molecule has 0 aliphatic heterocycles. The molecule has 0 saturated carbocycles. The molecule has 0 amide bonds. The van der Waals surface area contributed by atoms with Gasteiger partial charge in [-0.3, -0.25) is 0 Å². The quantitative estimate of drug-likeness (QED) is 0.786. The minimum Gasteiger partial charge on any atom is -0.476 e. The maximum absolute atomic E-state index is 10.5. The molecule has 8 heteroatoms. The smallest absolute Gasteiger partial charge is 0.356 e. The molecule has 0 aromatic carbocycles. The van der Waals surface area contributed by atoms with Crippen LogP contribution in [0.4, 0.5) is 5.82 Å². The summed E-state index contributed by atoms with van der Waals surface area (Å²) in [5, 5.41) is 15.2. The Hall–Kier alpha value is -2.51. The number of hydrogen-bond donors (Lipinski definition) is 2. The second-order valence-corrected chi connectivity index (χ2v) is 3.18. The number of nitrogens with zero attached hydrogens (tertiary/aromatic N) is 4. The Morgan fingerprint density at radius 3 is 2.82 bits per heavy atom.